The van der Waals surface area contributed by atoms with Gasteiger partial charge in [0.1, 0.15) is 12.4 Å². The fourth-order valence-corrected chi connectivity index (χ4v) is 3.41. The van der Waals surface area contributed by atoms with E-state index in [2.05, 4.69) is 43.0 Å². The van der Waals surface area contributed by atoms with Crippen LogP contribution in [0, 0.1) is 6.92 Å². The van der Waals surface area contributed by atoms with Gasteiger partial charge in [0.2, 0.25) is 0 Å². The summed E-state index contributed by atoms with van der Waals surface area (Å²) >= 11 is 1.78. The maximum atomic E-state index is 4.77. The van der Waals surface area contributed by atoms with Crippen molar-refractivity contribution in [2.75, 3.05) is 13.6 Å². The molecular formula is C18H27IN8S. The molecule has 8 nitrogen and oxygen atoms in total. The van der Waals surface area contributed by atoms with Gasteiger partial charge in [-0.05, 0) is 24.8 Å². The lowest BCUT2D eigenvalue weighted by atomic mass is 10.3. The van der Waals surface area contributed by atoms with Gasteiger partial charge < -0.3 is 14.8 Å². The zero-order valence-electron chi connectivity index (χ0n) is 16.7. The fourth-order valence-electron chi connectivity index (χ4n) is 2.70. The summed E-state index contributed by atoms with van der Waals surface area (Å²) in [5, 5.41) is 18.1. The second kappa shape index (κ2) is 10.6. The molecule has 0 spiro atoms. The standard InChI is InChI=1S/C18H26N8S.HI/c1-14-22-23-17(26(14)4)11-20-18(19-8-7-16-6-5-9-27-16)24(2)12-15-10-21-25(3)13-15;/h5-6,9-10,13H,7-8,11-12H2,1-4H3,(H,19,20);1H. The monoisotopic (exact) mass is 514 g/mol. The predicted octanol–water partition coefficient (Wildman–Crippen LogP) is 2.36. The summed E-state index contributed by atoms with van der Waals surface area (Å²) in [6, 6.07) is 4.24. The second-order valence-electron chi connectivity index (χ2n) is 6.50. The molecule has 3 aromatic rings. The number of guanidine groups is 1. The zero-order valence-corrected chi connectivity index (χ0v) is 19.8. The number of hydrogen-bond donors (Lipinski definition) is 1. The highest BCUT2D eigenvalue weighted by Gasteiger charge is 2.10. The second-order valence-corrected chi connectivity index (χ2v) is 7.53. The molecule has 1 N–H and O–H groups in total. The van der Waals surface area contributed by atoms with E-state index in [1.54, 1.807) is 11.3 Å². The molecule has 0 radical (unpaired) electrons. The molecule has 152 valence electrons. The molecule has 0 aliphatic heterocycles. The van der Waals surface area contributed by atoms with E-state index in [0.717, 1.165) is 42.7 Å². The van der Waals surface area contributed by atoms with E-state index in [0.29, 0.717) is 6.54 Å². The molecule has 28 heavy (non-hydrogen) atoms. The molecule has 3 rings (SSSR count). The highest BCUT2D eigenvalue weighted by molar-refractivity contribution is 14.0. The Balaban J connectivity index is 0.00000280. The van der Waals surface area contributed by atoms with E-state index >= 15 is 0 Å². The molecule has 0 aliphatic rings. The Morgan fingerprint density at radius 3 is 2.75 bits per heavy atom. The molecule has 0 aliphatic carbocycles. The van der Waals surface area contributed by atoms with Gasteiger partial charge in [0.15, 0.2) is 11.8 Å². The smallest absolute Gasteiger partial charge is 0.194 e. The van der Waals surface area contributed by atoms with Crippen molar-refractivity contribution < 1.29 is 0 Å². The van der Waals surface area contributed by atoms with Crippen molar-refractivity contribution in [3.63, 3.8) is 0 Å². The number of aromatic nitrogens is 5. The third kappa shape index (κ3) is 6.03. The predicted molar refractivity (Wildman–Crippen MR) is 123 cm³/mol. The van der Waals surface area contributed by atoms with Gasteiger partial charge in [-0.2, -0.15) is 5.10 Å². The minimum absolute atomic E-state index is 0. The molecule has 3 aromatic heterocycles. The lowest BCUT2D eigenvalue weighted by Gasteiger charge is -2.22. The molecule has 3 heterocycles. The summed E-state index contributed by atoms with van der Waals surface area (Å²) in [5.41, 5.74) is 1.14. The van der Waals surface area contributed by atoms with Crippen LogP contribution in [0.3, 0.4) is 0 Å². The minimum Gasteiger partial charge on any atom is -0.356 e. The van der Waals surface area contributed by atoms with Gasteiger partial charge >= 0.3 is 0 Å². The Hall–Kier alpha value is -1.95. The van der Waals surface area contributed by atoms with Crippen LogP contribution in [-0.4, -0.2) is 49.0 Å². The van der Waals surface area contributed by atoms with Gasteiger partial charge in [-0.3, -0.25) is 4.68 Å². The van der Waals surface area contributed by atoms with Crippen molar-refractivity contribution in [2.45, 2.75) is 26.4 Å². The van der Waals surface area contributed by atoms with Gasteiger partial charge in [-0.25, -0.2) is 4.99 Å². The van der Waals surface area contributed by atoms with Crippen LogP contribution in [0.5, 0.6) is 0 Å². The van der Waals surface area contributed by atoms with Crippen LogP contribution < -0.4 is 5.32 Å². The Kier molecular flexibility index (Phi) is 8.42. The third-order valence-corrected chi connectivity index (χ3v) is 5.26. The maximum absolute atomic E-state index is 4.77. The molecular weight excluding hydrogens is 487 g/mol. The van der Waals surface area contributed by atoms with Crippen LogP contribution in [0.25, 0.3) is 0 Å². The molecule has 0 fully saturated rings. The normalized spacial score (nSPS) is 11.4. The molecule has 0 aromatic carbocycles. The average Bonchev–Trinajstić information content (AvgIpc) is 3.36. The molecule has 0 saturated heterocycles. The first-order valence-corrected chi connectivity index (χ1v) is 9.75. The largest absolute Gasteiger partial charge is 0.356 e. The zero-order chi connectivity index (χ0) is 19.2. The highest BCUT2D eigenvalue weighted by Crippen LogP contribution is 2.09. The number of hydrogen-bond acceptors (Lipinski definition) is 5. The van der Waals surface area contributed by atoms with Crippen molar-refractivity contribution in [1.29, 1.82) is 0 Å². The average molecular weight is 514 g/mol. The molecule has 0 unspecified atom stereocenters. The number of aliphatic imine (C=N–C) groups is 1. The maximum Gasteiger partial charge on any atom is 0.194 e. The first-order chi connectivity index (χ1) is 13.0. The summed E-state index contributed by atoms with van der Waals surface area (Å²) in [4.78, 5) is 8.24. The van der Waals surface area contributed by atoms with Crippen molar-refractivity contribution in [3.8, 4) is 0 Å². The van der Waals surface area contributed by atoms with E-state index in [1.807, 2.05) is 49.7 Å². The van der Waals surface area contributed by atoms with Crippen LogP contribution in [0.4, 0.5) is 0 Å². The quantitative estimate of drug-likeness (QED) is 0.298. The number of rotatable bonds is 7. The van der Waals surface area contributed by atoms with Crippen LogP contribution in [0.15, 0.2) is 34.9 Å². The van der Waals surface area contributed by atoms with E-state index in [4.69, 9.17) is 4.99 Å². The van der Waals surface area contributed by atoms with E-state index in [9.17, 15) is 0 Å². The van der Waals surface area contributed by atoms with Crippen LogP contribution in [-0.2, 0) is 33.6 Å². The molecule has 10 heteroatoms. The highest BCUT2D eigenvalue weighted by atomic mass is 127. The molecule has 0 atom stereocenters. The minimum atomic E-state index is 0. The topological polar surface area (TPSA) is 76.2 Å². The van der Waals surface area contributed by atoms with Crippen LogP contribution in [0.2, 0.25) is 0 Å². The lowest BCUT2D eigenvalue weighted by Crippen LogP contribution is -2.39. The SMILES string of the molecule is Cc1nnc(CN=C(NCCc2cccs2)N(C)Cc2cnn(C)c2)n1C.I. The Bertz CT molecular complexity index is 883. The first kappa shape index (κ1) is 22.3. The molecule has 0 bridgehead atoms. The Labute approximate surface area is 186 Å². The Morgan fingerprint density at radius 1 is 1.32 bits per heavy atom. The van der Waals surface area contributed by atoms with E-state index < -0.39 is 0 Å². The summed E-state index contributed by atoms with van der Waals surface area (Å²) in [6.45, 7) is 3.98. The van der Waals surface area contributed by atoms with E-state index in [1.165, 1.54) is 4.88 Å². The lowest BCUT2D eigenvalue weighted by molar-refractivity contribution is 0.474. The first-order valence-electron chi connectivity index (χ1n) is 8.87. The molecule has 0 amide bonds. The number of nitrogens with one attached hydrogen (secondary N) is 1. The summed E-state index contributed by atoms with van der Waals surface area (Å²) in [6.07, 6.45) is 4.87. The van der Waals surface area contributed by atoms with Gasteiger partial charge in [0.05, 0.1) is 6.20 Å². The van der Waals surface area contributed by atoms with Crippen molar-refractivity contribution in [3.05, 3.63) is 52.0 Å². The van der Waals surface area contributed by atoms with Crippen LogP contribution in [0.1, 0.15) is 22.1 Å². The third-order valence-electron chi connectivity index (χ3n) is 4.33. The van der Waals surface area contributed by atoms with Gasteiger partial charge in [-0.1, -0.05) is 6.07 Å². The number of aryl methyl sites for hydroxylation is 2. The number of nitrogens with zero attached hydrogens (tertiary/aromatic N) is 7. The summed E-state index contributed by atoms with van der Waals surface area (Å²) < 4.78 is 3.78. The number of halogens is 1. The van der Waals surface area contributed by atoms with Crippen molar-refractivity contribution in [1.82, 2.24) is 34.8 Å². The van der Waals surface area contributed by atoms with Crippen LogP contribution >= 0.6 is 35.3 Å². The number of thiophene rings is 1. The van der Waals surface area contributed by atoms with Crippen molar-refractivity contribution in [2.24, 2.45) is 19.1 Å². The van der Waals surface area contributed by atoms with Gasteiger partial charge in [0.25, 0.3) is 0 Å². The van der Waals surface area contributed by atoms with E-state index in [-0.39, 0.29) is 24.0 Å². The Morgan fingerprint density at radius 2 is 2.14 bits per heavy atom. The van der Waals surface area contributed by atoms with Gasteiger partial charge in [-0.15, -0.1) is 45.5 Å². The van der Waals surface area contributed by atoms with Crippen molar-refractivity contribution >= 4 is 41.3 Å². The fraction of sp³-hybridized carbons (Fsp3) is 0.444. The molecule has 0 saturated carbocycles. The summed E-state index contributed by atoms with van der Waals surface area (Å²) in [7, 11) is 5.92. The van der Waals surface area contributed by atoms with Gasteiger partial charge in [0, 0.05) is 50.9 Å². The summed E-state index contributed by atoms with van der Waals surface area (Å²) in [5.74, 6) is 2.58.